The van der Waals surface area contributed by atoms with Gasteiger partial charge in [-0.25, -0.2) is 9.97 Å². The molecule has 146 valence electrons. The second-order valence-corrected chi connectivity index (χ2v) is 7.55. The summed E-state index contributed by atoms with van der Waals surface area (Å²) in [7, 11) is 0. The molecule has 0 aliphatic carbocycles. The van der Waals surface area contributed by atoms with Crippen LogP contribution in [0.1, 0.15) is 28.5 Å². The Morgan fingerprint density at radius 2 is 1.93 bits per heavy atom. The first-order chi connectivity index (χ1) is 14.0. The Bertz CT molecular complexity index is 1190. The largest absolute Gasteiger partial charge is 0.352 e. The topological polar surface area (TPSA) is 88.4 Å². The predicted molar refractivity (Wildman–Crippen MR) is 113 cm³/mol. The van der Waals surface area contributed by atoms with Crippen LogP contribution < -0.4 is 10.6 Å². The zero-order chi connectivity index (χ0) is 20.4. The summed E-state index contributed by atoms with van der Waals surface area (Å²) >= 11 is 1.36. The summed E-state index contributed by atoms with van der Waals surface area (Å²) < 4.78 is 1.82. The Labute approximate surface area is 171 Å². The van der Waals surface area contributed by atoms with Crippen molar-refractivity contribution in [1.29, 1.82) is 0 Å². The van der Waals surface area contributed by atoms with Gasteiger partial charge in [-0.3, -0.25) is 14.9 Å². The molecule has 4 rings (SSSR count). The van der Waals surface area contributed by atoms with Crippen LogP contribution in [0.3, 0.4) is 0 Å². The smallest absolute Gasteiger partial charge is 0.277 e. The van der Waals surface area contributed by atoms with Gasteiger partial charge in [-0.1, -0.05) is 24.3 Å². The van der Waals surface area contributed by atoms with Gasteiger partial charge >= 0.3 is 0 Å². The average molecular weight is 405 g/mol. The van der Waals surface area contributed by atoms with Gasteiger partial charge in [-0.05, 0) is 30.2 Å². The van der Waals surface area contributed by atoms with Crippen LogP contribution in [0.4, 0.5) is 5.13 Å². The normalized spacial score (nSPS) is 10.8. The van der Waals surface area contributed by atoms with E-state index in [1.54, 1.807) is 6.20 Å². The summed E-state index contributed by atoms with van der Waals surface area (Å²) in [6, 6.07) is 11.7. The van der Waals surface area contributed by atoms with Gasteiger partial charge in [0.25, 0.3) is 5.91 Å². The van der Waals surface area contributed by atoms with Crippen molar-refractivity contribution in [2.75, 3.05) is 5.32 Å². The highest BCUT2D eigenvalue weighted by molar-refractivity contribution is 7.14. The maximum atomic E-state index is 12.5. The molecule has 3 heterocycles. The molecule has 7 nitrogen and oxygen atoms in total. The lowest BCUT2D eigenvalue weighted by atomic mass is 10.1. The monoisotopic (exact) mass is 405 g/mol. The molecule has 0 unspecified atom stereocenters. The number of hydrogen-bond acceptors (Lipinski definition) is 5. The van der Waals surface area contributed by atoms with Crippen LogP contribution in [0.25, 0.3) is 16.9 Å². The molecule has 2 amide bonds. The number of benzene rings is 1. The molecule has 3 aromatic heterocycles. The van der Waals surface area contributed by atoms with Crippen molar-refractivity contribution in [1.82, 2.24) is 19.7 Å². The lowest BCUT2D eigenvalue weighted by Gasteiger charge is -2.03. The van der Waals surface area contributed by atoms with Gasteiger partial charge < -0.3 is 9.72 Å². The van der Waals surface area contributed by atoms with Crippen LogP contribution in [0, 0.1) is 6.92 Å². The van der Waals surface area contributed by atoms with E-state index in [9.17, 15) is 9.59 Å². The molecule has 8 heteroatoms. The van der Waals surface area contributed by atoms with Crippen molar-refractivity contribution in [2.45, 2.75) is 20.4 Å². The van der Waals surface area contributed by atoms with Gasteiger partial charge in [0, 0.05) is 36.8 Å². The number of anilines is 1. The number of carbonyl (C=O) groups is 2. The Balaban J connectivity index is 1.45. The number of pyridine rings is 1. The first-order valence-electron chi connectivity index (χ1n) is 9.04. The molecule has 0 atom stereocenters. The first-order valence-corrected chi connectivity index (χ1v) is 9.92. The number of thiazole rings is 1. The van der Waals surface area contributed by atoms with E-state index < -0.39 is 0 Å². The molecule has 0 aliphatic heterocycles. The quantitative estimate of drug-likeness (QED) is 0.530. The Morgan fingerprint density at radius 1 is 1.14 bits per heavy atom. The average Bonchev–Trinajstić information content (AvgIpc) is 3.33. The molecular formula is C21H19N5O2S. The van der Waals surface area contributed by atoms with Gasteiger partial charge in [-0.15, -0.1) is 11.3 Å². The number of fused-ring (bicyclic) bond motifs is 1. The molecule has 29 heavy (non-hydrogen) atoms. The van der Waals surface area contributed by atoms with E-state index in [1.165, 1.54) is 18.3 Å². The predicted octanol–water partition coefficient (Wildman–Crippen LogP) is 3.65. The summed E-state index contributed by atoms with van der Waals surface area (Å²) in [4.78, 5) is 32.4. The number of nitrogens with zero attached hydrogens (tertiary/aromatic N) is 3. The number of aryl methyl sites for hydroxylation is 1. The van der Waals surface area contributed by atoms with Gasteiger partial charge in [0.2, 0.25) is 5.91 Å². The molecule has 2 N–H and O–H groups in total. The number of hydrogen-bond donors (Lipinski definition) is 2. The minimum atomic E-state index is -0.294. The van der Waals surface area contributed by atoms with Crippen molar-refractivity contribution in [2.24, 2.45) is 0 Å². The summed E-state index contributed by atoms with van der Waals surface area (Å²) in [6.45, 7) is 3.97. The molecule has 0 spiro atoms. The third-order valence-electron chi connectivity index (χ3n) is 4.36. The summed E-state index contributed by atoms with van der Waals surface area (Å²) in [5, 5.41) is 7.99. The Hall–Kier alpha value is -3.52. The minimum Gasteiger partial charge on any atom is -0.352 e. The number of amides is 2. The molecule has 0 fully saturated rings. The summed E-state index contributed by atoms with van der Waals surface area (Å²) in [5.41, 5.74) is 4.89. The molecule has 4 aromatic rings. The fourth-order valence-electron chi connectivity index (χ4n) is 2.84. The second kappa shape index (κ2) is 7.84. The van der Waals surface area contributed by atoms with Gasteiger partial charge in [-0.2, -0.15) is 0 Å². The number of rotatable bonds is 5. The van der Waals surface area contributed by atoms with E-state index in [0.717, 1.165) is 28.0 Å². The SMILES string of the molecule is CC(=O)NCc1ccc(-c2csc(NC(=O)c3cn4ccc(C)cc4n3)n2)cc1. The summed E-state index contributed by atoms with van der Waals surface area (Å²) in [6.07, 6.45) is 3.58. The molecule has 0 bridgehead atoms. The van der Waals surface area contributed by atoms with Crippen LogP contribution in [0.15, 0.2) is 54.2 Å². The van der Waals surface area contributed by atoms with Crippen LogP contribution in [0.2, 0.25) is 0 Å². The highest BCUT2D eigenvalue weighted by Crippen LogP contribution is 2.25. The van der Waals surface area contributed by atoms with Gasteiger partial charge in [0.1, 0.15) is 11.3 Å². The highest BCUT2D eigenvalue weighted by Gasteiger charge is 2.13. The first kappa shape index (κ1) is 18.8. The van der Waals surface area contributed by atoms with Crippen molar-refractivity contribution < 1.29 is 9.59 Å². The van der Waals surface area contributed by atoms with Gasteiger partial charge in [0.05, 0.1) is 5.69 Å². The highest BCUT2D eigenvalue weighted by atomic mass is 32.1. The molecular weight excluding hydrogens is 386 g/mol. The lowest BCUT2D eigenvalue weighted by Crippen LogP contribution is -2.18. The molecule has 0 radical (unpaired) electrons. The third-order valence-corrected chi connectivity index (χ3v) is 5.12. The van der Waals surface area contributed by atoms with E-state index in [1.807, 2.05) is 59.3 Å². The fourth-order valence-corrected chi connectivity index (χ4v) is 3.55. The number of aromatic nitrogens is 3. The van der Waals surface area contributed by atoms with Crippen LogP contribution in [-0.2, 0) is 11.3 Å². The van der Waals surface area contributed by atoms with Gasteiger partial charge in [0.15, 0.2) is 5.13 Å². The molecule has 0 saturated carbocycles. The number of nitrogens with one attached hydrogen (secondary N) is 2. The zero-order valence-electron chi connectivity index (χ0n) is 16.0. The van der Waals surface area contributed by atoms with Crippen molar-refractivity contribution in [3.8, 4) is 11.3 Å². The summed E-state index contributed by atoms with van der Waals surface area (Å²) in [5.74, 6) is -0.354. The second-order valence-electron chi connectivity index (χ2n) is 6.69. The van der Waals surface area contributed by atoms with Crippen LogP contribution >= 0.6 is 11.3 Å². The van der Waals surface area contributed by atoms with E-state index >= 15 is 0 Å². The maximum Gasteiger partial charge on any atom is 0.277 e. The maximum absolute atomic E-state index is 12.5. The number of imidazole rings is 1. The molecule has 1 aromatic carbocycles. The van der Waals surface area contributed by atoms with Crippen molar-refractivity contribution in [3.63, 3.8) is 0 Å². The Morgan fingerprint density at radius 3 is 2.69 bits per heavy atom. The van der Waals surface area contributed by atoms with Crippen molar-refractivity contribution >= 4 is 33.9 Å². The zero-order valence-corrected chi connectivity index (χ0v) is 16.8. The van der Waals surface area contributed by atoms with Crippen LogP contribution in [-0.4, -0.2) is 26.2 Å². The third kappa shape index (κ3) is 4.33. The molecule has 0 aliphatic rings. The van der Waals surface area contributed by atoms with E-state index in [2.05, 4.69) is 20.6 Å². The fraction of sp³-hybridized carbons (Fsp3) is 0.143. The molecule has 0 saturated heterocycles. The van der Waals surface area contributed by atoms with E-state index in [0.29, 0.717) is 17.4 Å². The van der Waals surface area contributed by atoms with E-state index in [-0.39, 0.29) is 11.8 Å². The minimum absolute atomic E-state index is 0.0605. The standard InChI is InChI=1S/C21H19N5O2S/c1-13-7-8-26-11-17(23-19(26)9-13)20(28)25-21-24-18(12-29-21)16-5-3-15(4-6-16)10-22-14(2)27/h3-9,11-12H,10H2,1-2H3,(H,22,27)(H,24,25,28). The lowest BCUT2D eigenvalue weighted by molar-refractivity contribution is -0.119. The van der Waals surface area contributed by atoms with Crippen LogP contribution in [0.5, 0.6) is 0 Å². The number of carbonyl (C=O) groups excluding carboxylic acids is 2. The van der Waals surface area contributed by atoms with Crippen molar-refractivity contribution in [3.05, 3.63) is 71.0 Å². The van der Waals surface area contributed by atoms with E-state index in [4.69, 9.17) is 0 Å². The Kier molecular flexibility index (Phi) is 5.09.